The molecule has 2 aromatic carbocycles. The second-order valence-electron chi connectivity index (χ2n) is 8.51. The van der Waals surface area contributed by atoms with Gasteiger partial charge in [0.2, 0.25) is 0 Å². The minimum atomic E-state index is 0.118. The molecule has 0 aromatic heterocycles. The van der Waals surface area contributed by atoms with E-state index in [4.69, 9.17) is 0 Å². The molecule has 1 heteroatoms. The summed E-state index contributed by atoms with van der Waals surface area (Å²) in [4.78, 5) is 0. The lowest BCUT2D eigenvalue weighted by molar-refractivity contribution is 0.732. The molecule has 1 aliphatic rings. The van der Waals surface area contributed by atoms with Crippen molar-refractivity contribution in [3.63, 3.8) is 0 Å². The quantitative estimate of drug-likeness (QED) is 0.550. The predicted molar refractivity (Wildman–Crippen MR) is 120 cm³/mol. The van der Waals surface area contributed by atoms with Crippen LogP contribution >= 0.6 is 0 Å². The third-order valence-electron chi connectivity index (χ3n) is 6.51. The lowest BCUT2D eigenvalue weighted by Crippen LogP contribution is -2.33. The van der Waals surface area contributed by atoms with Crippen molar-refractivity contribution in [2.45, 2.75) is 66.8 Å². The Labute approximate surface area is 168 Å². The normalized spacial score (nSPS) is 16.4. The molecule has 0 amide bonds. The molecule has 2 radical (unpaired) electrons. The summed E-state index contributed by atoms with van der Waals surface area (Å²) in [5, 5.41) is 1.60. The van der Waals surface area contributed by atoms with E-state index in [1.807, 2.05) is 0 Å². The van der Waals surface area contributed by atoms with Gasteiger partial charge in [-0.25, -0.2) is 0 Å². The largest absolute Gasteiger partial charge is 0.0988 e. The van der Waals surface area contributed by atoms with E-state index in [-0.39, 0.29) is 5.04 Å². The molecule has 0 fully saturated rings. The molecule has 0 N–H and O–H groups in total. The van der Waals surface area contributed by atoms with Crippen molar-refractivity contribution < 1.29 is 0 Å². The van der Waals surface area contributed by atoms with Crippen LogP contribution in [0, 0.1) is 27.7 Å². The lowest BCUT2D eigenvalue weighted by atomic mass is 9.86. The first-order valence-electron chi connectivity index (χ1n) is 9.93. The summed E-state index contributed by atoms with van der Waals surface area (Å²) in [5.41, 5.74) is 13.1. The fourth-order valence-corrected chi connectivity index (χ4v) is 6.67. The summed E-state index contributed by atoms with van der Waals surface area (Å²) < 4.78 is 0. The van der Waals surface area contributed by atoms with Gasteiger partial charge in [-0.15, -0.1) is 0 Å². The molecule has 0 saturated carbocycles. The highest BCUT2D eigenvalue weighted by atomic mass is 28.2. The van der Waals surface area contributed by atoms with Crippen LogP contribution in [0.4, 0.5) is 0 Å². The van der Waals surface area contributed by atoms with Crippen LogP contribution in [-0.4, -0.2) is 9.52 Å². The third kappa shape index (κ3) is 3.62. The van der Waals surface area contributed by atoms with Crippen LogP contribution in [0.1, 0.15) is 55.5 Å². The highest BCUT2D eigenvalue weighted by molar-refractivity contribution is 6.59. The SMILES string of the molecule is CC1=C(C)C(Cc2cc(C)ccc2C)([Si]c2cc(C)cc(C)c2)C(C)=C1C. The Bertz CT molecular complexity index is 912. The second kappa shape index (κ2) is 7.28. The number of aryl methyl sites for hydroxylation is 4. The van der Waals surface area contributed by atoms with E-state index in [0.29, 0.717) is 0 Å². The molecule has 3 rings (SSSR count). The standard InChI is InChI=1S/C26H32Si/c1-16-9-10-19(4)24(12-16)15-26(22(7)20(5)21(6)23(26)8)27-25-13-17(2)11-18(3)14-25/h9-14H,15H2,1-8H3. The molecule has 0 nitrogen and oxygen atoms in total. The van der Waals surface area contributed by atoms with Crippen LogP contribution in [0.5, 0.6) is 0 Å². The first kappa shape index (κ1) is 19.9. The average molecular weight is 373 g/mol. The average Bonchev–Trinajstić information content (AvgIpc) is 2.73. The second-order valence-corrected chi connectivity index (χ2v) is 10.2. The minimum Gasteiger partial charge on any atom is -0.0624 e. The van der Waals surface area contributed by atoms with E-state index >= 15 is 0 Å². The van der Waals surface area contributed by atoms with Crippen LogP contribution < -0.4 is 5.19 Å². The van der Waals surface area contributed by atoms with Crippen molar-refractivity contribution in [3.05, 3.63) is 86.5 Å². The summed E-state index contributed by atoms with van der Waals surface area (Å²) in [6.45, 7) is 18.3. The van der Waals surface area contributed by atoms with E-state index in [1.54, 1.807) is 11.1 Å². The molecule has 0 heterocycles. The summed E-state index contributed by atoms with van der Waals surface area (Å²) in [6, 6.07) is 14.0. The highest BCUT2D eigenvalue weighted by Gasteiger charge is 2.41. The number of hydrogen-bond acceptors (Lipinski definition) is 0. The van der Waals surface area contributed by atoms with Gasteiger partial charge >= 0.3 is 0 Å². The van der Waals surface area contributed by atoms with E-state index in [0.717, 1.165) is 15.9 Å². The van der Waals surface area contributed by atoms with Gasteiger partial charge in [0.25, 0.3) is 0 Å². The summed E-state index contributed by atoms with van der Waals surface area (Å²) in [7, 11) is 0.757. The first-order valence-corrected chi connectivity index (χ1v) is 10.9. The Kier molecular flexibility index (Phi) is 5.36. The molecule has 1 aliphatic carbocycles. The molecule has 0 unspecified atom stereocenters. The fraction of sp³-hybridized carbons (Fsp3) is 0.385. The molecule has 0 atom stereocenters. The van der Waals surface area contributed by atoms with Gasteiger partial charge in [0.1, 0.15) is 0 Å². The van der Waals surface area contributed by atoms with Crippen molar-refractivity contribution in [2.24, 2.45) is 0 Å². The van der Waals surface area contributed by atoms with Gasteiger partial charge in [0.15, 0.2) is 0 Å². The maximum atomic E-state index is 2.40. The Morgan fingerprint density at radius 1 is 0.667 bits per heavy atom. The summed E-state index contributed by atoms with van der Waals surface area (Å²) in [5.74, 6) is 0. The number of allylic oxidation sites excluding steroid dienone is 4. The monoisotopic (exact) mass is 372 g/mol. The molecular weight excluding hydrogens is 340 g/mol. The van der Waals surface area contributed by atoms with E-state index in [2.05, 4.69) is 91.8 Å². The maximum absolute atomic E-state index is 2.40. The van der Waals surface area contributed by atoms with Crippen LogP contribution in [-0.2, 0) is 6.42 Å². The zero-order valence-corrected chi connectivity index (χ0v) is 19.2. The Morgan fingerprint density at radius 2 is 1.22 bits per heavy atom. The Morgan fingerprint density at radius 3 is 1.78 bits per heavy atom. The van der Waals surface area contributed by atoms with Crippen molar-refractivity contribution in [1.82, 2.24) is 0 Å². The fourth-order valence-electron chi connectivity index (χ4n) is 4.55. The molecule has 140 valence electrons. The van der Waals surface area contributed by atoms with Crippen LogP contribution in [0.15, 0.2) is 58.7 Å². The van der Waals surface area contributed by atoms with Gasteiger partial charge in [-0.05, 0) is 84.1 Å². The van der Waals surface area contributed by atoms with Gasteiger partial charge in [-0.3, -0.25) is 0 Å². The van der Waals surface area contributed by atoms with Gasteiger partial charge in [0, 0.05) is 5.04 Å². The first-order chi connectivity index (χ1) is 12.6. The predicted octanol–water partition coefficient (Wildman–Crippen LogP) is 6.34. The van der Waals surface area contributed by atoms with Gasteiger partial charge in [-0.2, -0.15) is 0 Å². The lowest BCUT2D eigenvalue weighted by Gasteiger charge is -2.34. The van der Waals surface area contributed by atoms with Gasteiger partial charge in [0.05, 0.1) is 9.52 Å². The minimum absolute atomic E-state index is 0.118. The highest BCUT2D eigenvalue weighted by Crippen LogP contribution is 2.54. The number of hydrogen-bond donors (Lipinski definition) is 0. The van der Waals surface area contributed by atoms with Crippen molar-refractivity contribution in [3.8, 4) is 0 Å². The van der Waals surface area contributed by atoms with Crippen molar-refractivity contribution in [2.75, 3.05) is 0 Å². The van der Waals surface area contributed by atoms with Crippen molar-refractivity contribution in [1.29, 1.82) is 0 Å². The van der Waals surface area contributed by atoms with Crippen LogP contribution in [0.2, 0.25) is 5.04 Å². The molecule has 0 aliphatic heterocycles. The third-order valence-corrected chi connectivity index (χ3v) is 8.44. The maximum Gasteiger partial charge on any atom is 0.0988 e. The molecule has 0 spiro atoms. The molecule has 27 heavy (non-hydrogen) atoms. The van der Waals surface area contributed by atoms with E-state index in [9.17, 15) is 0 Å². The zero-order valence-electron chi connectivity index (χ0n) is 18.2. The Balaban J connectivity index is 2.15. The van der Waals surface area contributed by atoms with Gasteiger partial charge in [-0.1, -0.05) is 69.4 Å². The zero-order chi connectivity index (χ0) is 19.9. The molecule has 0 bridgehead atoms. The molecule has 0 saturated heterocycles. The van der Waals surface area contributed by atoms with E-state index < -0.39 is 0 Å². The summed E-state index contributed by atoms with van der Waals surface area (Å²) in [6.07, 6.45) is 1.10. The van der Waals surface area contributed by atoms with Crippen LogP contribution in [0.3, 0.4) is 0 Å². The number of benzene rings is 2. The smallest absolute Gasteiger partial charge is 0.0624 e. The van der Waals surface area contributed by atoms with Gasteiger partial charge < -0.3 is 0 Å². The van der Waals surface area contributed by atoms with E-state index in [1.165, 1.54) is 44.2 Å². The number of rotatable bonds is 4. The van der Waals surface area contributed by atoms with Crippen LogP contribution in [0.25, 0.3) is 0 Å². The molecule has 2 aromatic rings. The Hall–Kier alpha value is -1.86. The van der Waals surface area contributed by atoms with Crippen molar-refractivity contribution >= 4 is 14.7 Å². The molecular formula is C26H32Si. The summed E-state index contributed by atoms with van der Waals surface area (Å²) >= 11 is 0. The topological polar surface area (TPSA) is 0 Å².